The van der Waals surface area contributed by atoms with Crippen LogP contribution < -0.4 is 10.6 Å². The highest BCUT2D eigenvalue weighted by molar-refractivity contribution is 6.04. The minimum atomic E-state index is -0.150. The fourth-order valence-electron chi connectivity index (χ4n) is 2.80. The van der Waals surface area contributed by atoms with Crippen LogP contribution in [0.1, 0.15) is 49.2 Å². The number of carbonyl (C=O) groups is 2. The Morgan fingerprint density at radius 2 is 1.96 bits per heavy atom. The Morgan fingerprint density at radius 1 is 1.15 bits per heavy atom. The van der Waals surface area contributed by atoms with E-state index in [4.69, 9.17) is 0 Å². The lowest BCUT2D eigenvalue weighted by Crippen LogP contribution is -2.30. The molecule has 1 fully saturated rings. The minimum Gasteiger partial charge on any atom is -0.323 e. The maximum atomic E-state index is 12.2. The largest absolute Gasteiger partial charge is 0.323 e. The molecule has 2 aromatic rings. The number of hydrogen-bond acceptors (Lipinski definition) is 4. The van der Waals surface area contributed by atoms with E-state index in [-0.39, 0.29) is 18.2 Å². The molecule has 5 heteroatoms. The molecular formula is C21H25N3O2. The van der Waals surface area contributed by atoms with Crippen molar-refractivity contribution >= 4 is 17.4 Å². The van der Waals surface area contributed by atoms with Crippen LogP contribution in [0.15, 0.2) is 36.5 Å². The molecule has 1 heterocycles. The van der Waals surface area contributed by atoms with E-state index in [9.17, 15) is 9.59 Å². The highest BCUT2D eigenvalue weighted by atomic mass is 16.2. The van der Waals surface area contributed by atoms with Crippen molar-refractivity contribution < 1.29 is 9.59 Å². The van der Waals surface area contributed by atoms with Crippen LogP contribution in [0.5, 0.6) is 0 Å². The van der Waals surface area contributed by atoms with E-state index in [0.29, 0.717) is 23.8 Å². The number of aryl methyl sites for hydroxylation is 1. The Hall–Kier alpha value is -2.53. The van der Waals surface area contributed by atoms with E-state index in [1.807, 2.05) is 18.2 Å². The quantitative estimate of drug-likeness (QED) is 0.713. The fraction of sp³-hybridized carbons (Fsp3) is 0.381. The van der Waals surface area contributed by atoms with Gasteiger partial charge in [0.15, 0.2) is 5.78 Å². The molecule has 1 aliphatic carbocycles. The molecule has 136 valence electrons. The number of pyridine rings is 1. The van der Waals surface area contributed by atoms with Crippen molar-refractivity contribution in [3.63, 3.8) is 0 Å². The molecule has 26 heavy (non-hydrogen) atoms. The van der Waals surface area contributed by atoms with Crippen molar-refractivity contribution in [3.05, 3.63) is 47.8 Å². The Morgan fingerprint density at radius 3 is 2.65 bits per heavy atom. The summed E-state index contributed by atoms with van der Waals surface area (Å²) in [5.41, 5.74) is 3.95. The van der Waals surface area contributed by atoms with Gasteiger partial charge in [0.05, 0.1) is 12.2 Å². The third-order valence-corrected chi connectivity index (χ3v) is 4.54. The van der Waals surface area contributed by atoms with E-state index in [0.717, 1.165) is 30.4 Å². The zero-order valence-electron chi connectivity index (χ0n) is 15.3. The second-order valence-electron chi connectivity index (χ2n) is 6.65. The van der Waals surface area contributed by atoms with Crippen LogP contribution in [0, 0.1) is 0 Å². The first kappa shape index (κ1) is 18.3. The van der Waals surface area contributed by atoms with Crippen LogP contribution in [-0.2, 0) is 11.2 Å². The first-order valence-electron chi connectivity index (χ1n) is 9.26. The number of Topliss-reactive ketones (excluding diaryl/α,β-unsaturated/α-hetero) is 1. The van der Waals surface area contributed by atoms with Crippen molar-refractivity contribution in [1.29, 1.82) is 0 Å². The topological polar surface area (TPSA) is 71.1 Å². The van der Waals surface area contributed by atoms with E-state index in [1.54, 1.807) is 13.1 Å². The van der Waals surface area contributed by atoms with Gasteiger partial charge in [-0.25, -0.2) is 0 Å². The van der Waals surface area contributed by atoms with Crippen LogP contribution in [0.4, 0.5) is 5.69 Å². The zero-order valence-corrected chi connectivity index (χ0v) is 15.3. The SMILES string of the molecule is CCC(=O)c1ncc(-c2cccc(CC)c2)cc1NC(=O)CNC1CC1. The lowest BCUT2D eigenvalue weighted by molar-refractivity contribution is -0.115. The van der Waals surface area contributed by atoms with E-state index in [2.05, 4.69) is 34.7 Å². The molecule has 0 radical (unpaired) electrons. The van der Waals surface area contributed by atoms with Gasteiger partial charge in [-0.1, -0.05) is 38.1 Å². The normalized spacial score (nSPS) is 13.5. The fourth-order valence-corrected chi connectivity index (χ4v) is 2.80. The van der Waals surface area contributed by atoms with Gasteiger partial charge in [0.25, 0.3) is 0 Å². The molecule has 0 spiro atoms. The van der Waals surface area contributed by atoms with Crippen LogP contribution in [0.3, 0.4) is 0 Å². The molecule has 1 aromatic carbocycles. The Labute approximate surface area is 154 Å². The van der Waals surface area contributed by atoms with Crippen LogP contribution in [0.2, 0.25) is 0 Å². The molecule has 1 amide bonds. The maximum Gasteiger partial charge on any atom is 0.238 e. The van der Waals surface area contributed by atoms with Crippen molar-refractivity contribution in [2.45, 2.75) is 45.6 Å². The van der Waals surface area contributed by atoms with Gasteiger partial charge in [-0.3, -0.25) is 14.6 Å². The lowest BCUT2D eigenvalue weighted by Gasteiger charge is -2.12. The van der Waals surface area contributed by atoms with Gasteiger partial charge in [0.2, 0.25) is 5.91 Å². The number of hydrogen-bond donors (Lipinski definition) is 2. The van der Waals surface area contributed by atoms with Crippen LogP contribution >= 0.6 is 0 Å². The molecule has 0 unspecified atom stereocenters. The van der Waals surface area contributed by atoms with E-state index >= 15 is 0 Å². The van der Waals surface area contributed by atoms with Gasteiger partial charge >= 0.3 is 0 Å². The summed E-state index contributed by atoms with van der Waals surface area (Å²) in [6.45, 7) is 4.15. The predicted octanol–water partition coefficient (Wildman–Crippen LogP) is 3.59. The average molecular weight is 351 g/mol. The molecule has 0 aliphatic heterocycles. The molecule has 1 saturated carbocycles. The molecule has 0 saturated heterocycles. The summed E-state index contributed by atoms with van der Waals surface area (Å²) < 4.78 is 0. The number of rotatable bonds is 8. The van der Waals surface area contributed by atoms with Gasteiger partial charge in [-0.2, -0.15) is 0 Å². The monoisotopic (exact) mass is 351 g/mol. The van der Waals surface area contributed by atoms with Gasteiger partial charge < -0.3 is 10.6 Å². The third-order valence-electron chi connectivity index (χ3n) is 4.54. The number of ketones is 1. The van der Waals surface area contributed by atoms with Crippen molar-refractivity contribution in [3.8, 4) is 11.1 Å². The van der Waals surface area contributed by atoms with E-state index < -0.39 is 0 Å². The zero-order chi connectivity index (χ0) is 18.5. The molecule has 3 rings (SSSR count). The lowest BCUT2D eigenvalue weighted by atomic mass is 10.0. The number of anilines is 1. The standard InChI is InChI=1S/C21H25N3O2/c1-3-14-6-5-7-15(10-14)16-11-18(21(23-12-16)19(25)4-2)24-20(26)13-22-17-8-9-17/h5-7,10-12,17,22H,3-4,8-9,13H2,1-2H3,(H,24,26). The first-order valence-corrected chi connectivity index (χ1v) is 9.26. The summed E-state index contributed by atoms with van der Waals surface area (Å²) in [4.78, 5) is 28.8. The third kappa shape index (κ3) is 4.55. The van der Waals surface area contributed by atoms with Gasteiger partial charge in [0, 0.05) is 24.2 Å². The number of aromatic nitrogens is 1. The summed E-state index contributed by atoms with van der Waals surface area (Å²) in [5.74, 6) is -0.229. The molecule has 0 atom stereocenters. The molecule has 2 N–H and O–H groups in total. The number of benzene rings is 1. The van der Waals surface area contributed by atoms with Crippen LogP contribution in [-0.4, -0.2) is 29.3 Å². The minimum absolute atomic E-state index is 0.0793. The van der Waals surface area contributed by atoms with Crippen molar-refractivity contribution in [1.82, 2.24) is 10.3 Å². The summed E-state index contributed by atoms with van der Waals surface area (Å²) in [7, 11) is 0. The molecule has 0 bridgehead atoms. The summed E-state index contributed by atoms with van der Waals surface area (Å²) in [6, 6.07) is 10.5. The summed E-state index contributed by atoms with van der Waals surface area (Å²) in [6.07, 6.45) is 5.25. The van der Waals surface area contributed by atoms with Gasteiger partial charge in [0.1, 0.15) is 5.69 Å². The first-order chi connectivity index (χ1) is 12.6. The van der Waals surface area contributed by atoms with E-state index in [1.165, 1.54) is 5.56 Å². The average Bonchev–Trinajstić information content (AvgIpc) is 3.50. The summed E-state index contributed by atoms with van der Waals surface area (Å²) >= 11 is 0. The van der Waals surface area contributed by atoms with Crippen molar-refractivity contribution in [2.24, 2.45) is 0 Å². The van der Waals surface area contributed by atoms with Gasteiger partial charge in [-0.05, 0) is 36.5 Å². The predicted molar refractivity (Wildman–Crippen MR) is 103 cm³/mol. The number of nitrogens with zero attached hydrogens (tertiary/aromatic N) is 1. The summed E-state index contributed by atoms with van der Waals surface area (Å²) in [5, 5.41) is 6.05. The Balaban J connectivity index is 1.87. The molecule has 5 nitrogen and oxygen atoms in total. The Kier molecular flexibility index (Phi) is 5.78. The van der Waals surface area contributed by atoms with Gasteiger partial charge in [-0.15, -0.1) is 0 Å². The number of nitrogens with one attached hydrogen (secondary N) is 2. The Bertz CT molecular complexity index is 813. The molecule has 1 aliphatic rings. The molecule has 1 aromatic heterocycles. The number of amides is 1. The number of carbonyl (C=O) groups excluding carboxylic acids is 2. The molecular weight excluding hydrogens is 326 g/mol. The highest BCUT2D eigenvalue weighted by Crippen LogP contribution is 2.26. The second kappa shape index (κ2) is 8.23. The smallest absolute Gasteiger partial charge is 0.238 e. The van der Waals surface area contributed by atoms with Crippen molar-refractivity contribution in [2.75, 3.05) is 11.9 Å². The second-order valence-corrected chi connectivity index (χ2v) is 6.65. The van der Waals surface area contributed by atoms with Crippen LogP contribution in [0.25, 0.3) is 11.1 Å². The maximum absolute atomic E-state index is 12.2. The highest BCUT2D eigenvalue weighted by Gasteiger charge is 2.22.